The maximum Gasteiger partial charge on any atom is 0.0471 e. The molecule has 1 N–H and O–H groups in total. The summed E-state index contributed by atoms with van der Waals surface area (Å²) in [6.45, 7) is 5.70. The minimum Gasteiger partial charge on any atom is -0.368 e. The molecule has 3 nitrogen and oxygen atoms in total. The van der Waals surface area contributed by atoms with Crippen molar-refractivity contribution in [1.29, 1.82) is 0 Å². The molecule has 0 aromatic heterocycles. The van der Waals surface area contributed by atoms with E-state index in [-0.39, 0.29) is 0 Å². The molecule has 0 amide bonds. The van der Waals surface area contributed by atoms with Crippen LogP contribution in [-0.2, 0) is 6.54 Å². The largest absolute Gasteiger partial charge is 0.368 e. The summed E-state index contributed by atoms with van der Waals surface area (Å²) in [5.41, 5.74) is 2.64. The van der Waals surface area contributed by atoms with Crippen molar-refractivity contribution in [3.8, 4) is 0 Å². The van der Waals surface area contributed by atoms with Crippen LogP contribution in [0.2, 0.25) is 5.02 Å². The highest BCUT2D eigenvalue weighted by Gasteiger charge is 2.31. The second kappa shape index (κ2) is 5.79. The van der Waals surface area contributed by atoms with Gasteiger partial charge in [-0.3, -0.25) is 4.90 Å². The zero-order valence-corrected chi connectivity index (χ0v) is 13.3. The van der Waals surface area contributed by atoms with Gasteiger partial charge in [-0.1, -0.05) is 17.7 Å². The van der Waals surface area contributed by atoms with Gasteiger partial charge >= 0.3 is 0 Å². The summed E-state index contributed by atoms with van der Waals surface area (Å²) < 4.78 is 0. The molecule has 3 fully saturated rings. The van der Waals surface area contributed by atoms with Crippen LogP contribution in [0.1, 0.15) is 31.2 Å². The minimum absolute atomic E-state index is 0.723. The number of nitrogens with zero attached hydrogens (tertiary/aromatic N) is 2. The molecule has 1 saturated carbocycles. The number of hydrogen-bond donors (Lipinski definition) is 1. The number of rotatable bonds is 4. The number of hydrogen-bond acceptors (Lipinski definition) is 3. The zero-order valence-electron chi connectivity index (χ0n) is 12.5. The van der Waals surface area contributed by atoms with Crippen molar-refractivity contribution in [2.24, 2.45) is 0 Å². The minimum atomic E-state index is 0.723. The summed E-state index contributed by atoms with van der Waals surface area (Å²) in [5, 5.41) is 4.53. The third kappa shape index (κ3) is 2.92. The lowest BCUT2D eigenvalue weighted by atomic mass is 10.1. The molecule has 4 rings (SSSR count). The number of piperazine rings is 1. The van der Waals surface area contributed by atoms with Crippen LogP contribution in [0.5, 0.6) is 0 Å². The van der Waals surface area contributed by atoms with Gasteiger partial charge in [0.05, 0.1) is 0 Å². The Labute approximate surface area is 132 Å². The second-order valence-corrected chi connectivity index (χ2v) is 7.08. The van der Waals surface area contributed by atoms with Crippen molar-refractivity contribution in [2.45, 2.75) is 44.3 Å². The molecule has 1 aromatic carbocycles. The Morgan fingerprint density at radius 1 is 1.14 bits per heavy atom. The molecule has 3 aliphatic rings. The van der Waals surface area contributed by atoms with E-state index >= 15 is 0 Å². The summed E-state index contributed by atoms with van der Waals surface area (Å²) in [5.74, 6) is 0. The molecule has 0 spiro atoms. The first-order valence-corrected chi connectivity index (χ1v) is 8.69. The zero-order chi connectivity index (χ0) is 14.2. The van der Waals surface area contributed by atoms with Crippen LogP contribution in [0, 0.1) is 0 Å². The van der Waals surface area contributed by atoms with E-state index in [1.165, 1.54) is 50.0 Å². The molecule has 1 unspecified atom stereocenters. The lowest BCUT2D eigenvalue weighted by Crippen LogP contribution is -2.50. The molecular weight excluding hydrogens is 282 g/mol. The summed E-state index contributed by atoms with van der Waals surface area (Å²) in [6, 6.07) is 7.85. The van der Waals surface area contributed by atoms with Crippen molar-refractivity contribution in [3.63, 3.8) is 0 Å². The maximum atomic E-state index is 6.49. The van der Waals surface area contributed by atoms with Crippen LogP contribution < -0.4 is 10.2 Å². The van der Waals surface area contributed by atoms with Crippen LogP contribution in [-0.4, -0.2) is 43.2 Å². The molecule has 1 atom stereocenters. The monoisotopic (exact) mass is 305 g/mol. The first-order chi connectivity index (χ1) is 10.3. The van der Waals surface area contributed by atoms with Crippen LogP contribution in [0.15, 0.2) is 18.2 Å². The Hall–Kier alpha value is -0.770. The SMILES string of the molecule is Clc1cccc(N2CCN3CCCC3C2)c1CNC1CC1. The summed E-state index contributed by atoms with van der Waals surface area (Å²) in [7, 11) is 0. The van der Waals surface area contributed by atoms with Gasteiger partial charge in [0.2, 0.25) is 0 Å². The first-order valence-electron chi connectivity index (χ1n) is 8.31. The fourth-order valence-electron chi connectivity index (χ4n) is 3.76. The van der Waals surface area contributed by atoms with Crippen LogP contribution in [0.3, 0.4) is 0 Å². The van der Waals surface area contributed by atoms with E-state index in [0.29, 0.717) is 0 Å². The molecule has 2 aliphatic heterocycles. The number of nitrogens with one attached hydrogen (secondary N) is 1. The molecule has 0 bridgehead atoms. The van der Waals surface area contributed by atoms with Gasteiger partial charge in [0, 0.05) is 54.5 Å². The fourth-order valence-corrected chi connectivity index (χ4v) is 4.00. The van der Waals surface area contributed by atoms with E-state index in [9.17, 15) is 0 Å². The highest BCUT2D eigenvalue weighted by molar-refractivity contribution is 6.31. The third-order valence-corrected chi connectivity index (χ3v) is 5.52. The molecule has 21 heavy (non-hydrogen) atoms. The topological polar surface area (TPSA) is 18.5 Å². The number of fused-ring (bicyclic) bond motifs is 1. The molecule has 4 heteroatoms. The molecule has 1 aliphatic carbocycles. The van der Waals surface area contributed by atoms with Crippen LogP contribution >= 0.6 is 11.6 Å². The molecule has 114 valence electrons. The Morgan fingerprint density at radius 3 is 2.90 bits per heavy atom. The van der Waals surface area contributed by atoms with E-state index < -0.39 is 0 Å². The lowest BCUT2D eigenvalue weighted by molar-refractivity contribution is 0.231. The summed E-state index contributed by atoms with van der Waals surface area (Å²) in [4.78, 5) is 5.21. The molecular formula is C17H24ClN3. The lowest BCUT2D eigenvalue weighted by Gasteiger charge is -2.39. The Bertz CT molecular complexity index is 515. The Morgan fingerprint density at radius 2 is 2.05 bits per heavy atom. The van der Waals surface area contributed by atoms with Crippen molar-refractivity contribution >= 4 is 17.3 Å². The molecule has 2 saturated heterocycles. The number of anilines is 1. The Balaban J connectivity index is 1.54. The van der Waals surface area contributed by atoms with Gasteiger partial charge in [-0.15, -0.1) is 0 Å². The molecule has 2 heterocycles. The maximum absolute atomic E-state index is 6.49. The van der Waals surface area contributed by atoms with Gasteiger partial charge in [0.1, 0.15) is 0 Å². The predicted octanol–water partition coefficient (Wildman–Crippen LogP) is 2.88. The Kier molecular flexibility index (Phi) is 3.82. The molecule has 0 radical (unpaired) electrons. The number of halogens is 1. The quantitative estimate of drug-likeness (QED) is 0.923. The average Bonchev–Trinajstić information content (AvgIpc) is 3.21. The van der Waals surface area contributed by atoms with Gasteiger partial charge in [-0.25, -0.2) is 0 Å². The standard InChI is InChI=1S/C17H24ClN3/c18-16-4-1-5-17(15(16)11-19-13-6-7-13)21-10-9-20-8-2-3-14(20)12-21/h1,4-5,13-14,19H,2-3,6-12H2. The van der Waals surface area contributed by atoms with Crippen molar-refractivity contribution in [1.82, 2.24) is 10.2 Å². The van der Waals surface area contributed by atoms with E-state index in [2.05, 4.69) is 27.2 Å². The first kappa shape index (κ1) is 13.9. The molecule has 1 aromatic rings. The highest BCUT2D eigenvalue weighted by atomic mass is 35.5. The van der Waals surface area contributed by atoms with E-state index in [0.717, 1.165) is 36.7 Å². The van der Waals surface area contributed by atoms with Crippen LogP contribution in [0.4, 0.5) is 5.69 Å². The van der Waals surface area contributed by atoms with Gasteiger partial charge < -0.3 is 10.2 Å². The number of benzene rings is 1. The normalized spacial score (nSPS) is 26.1. The van der Waals surface area contributed by atoms with Crippen molar-refractivity contribution in [3.05, 3.63) is 28.8 Å². The van der Waals surface area contributed by atoms with Crippen LogP contribution in [0.25, 0.3) is 0 Å². The van der Waals surface area contributed by atoms with E-state index in [1.807, 2.05) is 6.07 Å². The van der Waals surface area contributed by atoms with Gasteiger partial charge in [0.25, 0.3) is 0 Å². The van der Waals surface area contributed by atoms with E-state index in [4.69, 9.17) is 11.6 Å². The smallest absolute Gasteiger partial charge is 0.0471 e. The summed E-state index contributed by atoms with van der Waals surface area (Å²) in [6.07, 6.45) is 5.36. The highest BCUT2D eigenvalue weighted by Crippen LogP contribution is 2.32. The third-order valence-electron chi connectivity index (χ3n) is 5.17. The summed E-state index contributed by atoms with van der Waals surface area (Å²) >= 11 is 6.49. The average molecular weight is 306 g/mol. The van der Waals surface area contributed by atoms with Gasteiger partial charge in [0.15, 0.2) is 0 Å². The second-order valence-electron chi connectivity index (χ2n) is 6.67. The van der Waals surface area contributed by atoms with Crippen molar-refractivity contribution < 1.29 is 0 Å². The predicted molar refractivity (Wildman–Crippen MR) is 88.1 cm³/mol. The van der Waals surface area contributed by atoms with Gasteiger partial charge in [-0.2, -0.15) is 0 Å². The fraction of sp³-hybridized carbons (Fsp3) is 0.647. The van der Waals surface area contributed by atoms with Crippen molar-refractivity contribution in [2.75, 3.05) is 31.1 Å². The van der Waals surface area contributed by atoms with Gasteiger partial charge in [-0.05, 0) is 44.4 Å². The van der Waals surface area contributed by atoms with E-state index in [1.54, 1.807) is 0 Å².